The fourth-order valence-electron chi connectivity index (χ4n) is 4.93. The molecular formula is C28H39N5O4. The normalized spacial score (nSPS) is 14.8. The Balaban J connectivity index is 1.57. The summed E-state index contributed by atoms with van der Waals surface area (Å²) in [5.74, 6) is 1.63. The number of aromatic amines is 1. The minimum Gasteiger partial charge on any atom is -0.493 e. The van der Waals surface area contributed by atoms with E-state index in [1.54, 1.807) is 16.6 Å². The maximum atomic E-state index is 13.0. The molecule has 0 bridgehead atoms. The van der Waals surface area contributed by atoms with Gasteiger partial charge in [-0.25, -0.2) is 9.78 Å². The van der Waals surface area contributed by atoms with Gasteiger partial charge in [0.25, 0.3) is 5.56 Å². The van der Waals surface area contributed by atoms with Crippen LogP contribution in [0.1, 0.15) is 65.1 Å². The first-order valence-corrected chi connectivity index (χ1v) is 13.3. The molecule has 0 saturated carbocycles. The van der Waals surface area contributed by atoms with Crippen molar-refractivity contribution in [2.75, 3.05) is 19.7 Å². The summed E-state index contributed by atoms with van der Waals surface area (Å²) in [5.41, 5.74) is 3.19. The van der Waals surface area contributed by atoms with Gasteiger partial charge >= 0.3 is 6.09 Å². The van der Waals surface area contributed by atoms with Crippen molar-refractivity contribution in [3.8, 4) is 17.1 Å². The van der Waals surface area contributed by atoms with Crippen molar-refractivity contribution in [3.05, 3.63) is 39.8 Å². The Bertz CT molecular complexity index is 1310. The van der Waals surface area contributed by atoms with E-state index in [2.05, 4.69) is 29.1 Å². The Kier molecular flexibility index (Phi) is 7.90. The fraction of sp³-hybridized carbons (Fsp3) is 0.571. The minimum absolute atomic E-state index is 0.209. The lowest BCUT2D eigenvalue weighted by atomic mass is 9.89. The zero-order chi connectivity index (χ0) is 26.7. The van der Waals surface area contributed by atoms with Gasteiger partial charge in [-0.1, -0.05) is 19.4 Å². The van der Waals surface area contributed by atoms with Crippen LogP contribution in [0.3, 0.4) is 0 Å². The summed E-state index contributed by atoms with van der Waals surface area (Å²) in [7, 11) is 1.78. The van der Waals surface area contributed by atoms with Crippen LogP contribution < -0.4 is 10.3 Å². The molecule has 1 aliphatic heterocycles. The third-order valence-corrected chi connectivity index (χ3v) is 6.64. The molecule has 9 nitrogen and oxygen atoms in total. The van der Waals surface area contributed by atoms with Crippen LogP contribution in [0.4, 0.5) is 4.79 Å². The van der Waals surface area contributed by atoms with Crippen LogP contribution in [-0.4, -0.2) is 56.0 Å². The molecule has 0 radical (unpaired) electrons. The van der Waals surface area contributed by atoms with Crippen LogP contribution in [0.25, 0.3) is 22.4 Å². The second kappa shape index (κ2) is 10.9. The molecule has 1 fully saturated rings. The number of nitrogens with zero attached hydrogens (tertiary/aromatic N) is 4. The topological polar surface area (TPSA) is 102 Å². The number of benzene rings is 1. The molecule has 200 valence electrons. The van der Waals surface area contributed by atoms with E-state index in [0.717, 1.165) is 48.9 Å². The first-order valence-electron chi connectivity index (χ1n) is 13.3. The van der Waals surface area contributed by atoms with E-state index in [0.29, 0.717) is 48.2 Å². The van der Waals surface area contributed by atoms with Crippen LogP contribution in [-0.2, 0) is 24.6 Å². The summed E-state index contributed by atoms with van der Waals surface area (Å²) in [6.45, 7) is 11.6. The van der Waals surface area contributed by atoms with Crippen LogP contribution >= 0.6 is 0 Å². The molecule has 0 unspecified atom stereocenters. The summed E-state index contributed by atoms with van der Waals surface area (Å²) in [6.07, 6.45) is 4.15. The Morgan fingerprint density at radius 3 is 2.57 bits per heavy atom. The number of amides is 1. The highest BCUT2D eigenvalue weighted by molar-refractivity contribution is 5.80. The van der Waals surface area contributed by atoms with Gasteiger partial charge in [0.2, 0.25) is 0 Å². The molecule has 1 N–H and O–H groups in total. The van der Waals surface area contributed by atoms with Gasteiger partial charge in [0, 0.05) is 20.1 Å². The number of nitrogens with one attached hydrogen (secondary N) is 1. The largest absolute Gasteiger partial charge is 0.493 e. The first-order chi connectivity index (χ1) is 17.6. The lowest BCUT2D eigenvalue weighted by molar-refractivity contribution is 0.0184. The number of carbonyl (C=O) groups is 1. The number of hydrogen-bond donors (Lipinski definition) is 1. The summed E-state index contributed by atoms with van der Waals surface area (Å²) in [6, 6.07) is 6.12. The van der Waals surface area contributed by atoms with Gasteiger partial charge in [0.05, 0.1) is 17.9 Å². The summed E-state index contributed by atoms with van der Waals surface area (Å²) >= 11 is 0. The van der Waals surface area contributed by atoms with Crippen molar-refractivity contribution in [1.29, 1.82) is 0 Å². The Hall–Kier alpha value is -3.36. The van der Waals surface area contributed by atoms with Crippen LogP contribution in [0.2, 0.25) is 0 Å². The molecule has 4 rings (SSSR count). The molecule has 1 amide bonds. The molecule has 1 saturated heterocycles. The van der Waals surface area contributed by atoms with Crippen molar-refractivity contribution in [1.82, 2.24) is 24.6 Å². The molecule has 0 spiro atoms. The number of rotatable bonds is 7. The molecule has 3 aromatic rings. The third kappa shape index (κ3) is 6.14. The lowest BCUT2D eigenvalue weighted by Crippen LogP contribution is -2.42. The van der Waals surface area contributed by atoms with Crippen molar-refractivity contribution < 1.29 is 14.3 Å². The molecule has 2 aromatic heterocycles. The van der Waals surface area contributed by atoms with E-state index in [9.17, 15) is 9.59 Å². The average molecular weight is 510 g/mol. The monoisotopic (exact) mass is 509 g/mol. The molecule has 1 aromatic carbocycles. The van der Waals surface area contributed by atoms with E-state index < -0.39 is 5.60 Å². The minimum atomic E-state index is -0.488. The highest BCUT2D eigenvalue weighted by Crippen LogP contribution is 2.32. The highest BCUT2D eigenvalue weighted by Gasteiger charge is 2.27. The molecule has 0 atom stereocenters. The number of aromatic nitrogens is 4. The number of carbonyl (C=O) groups excluding carboxylic acids is 1. The summed E-state index contributed by atoms with van der Waals surface area (Å²) < 4.78 is 13.0. The van der Waals surface area contributed by atoms with Crippen molar-refractivity contribution in [2.45, 2.75) is 72.3 Å². The van der Waals surface area contributed by atoms with Crippen molar-refractivity contribution in [3.63, 3.8) is 0 Å². The molecule has 37 heavy (non-hydrogen) atoms. The predicted molar refractivity (Wildman–Crippen MR) is 144 cm³/mol. The van der Waals surface area contributed by atoms with Crippen molar-refractivity contribution in [2.24, 2.45) is 13.0 Å². The maximum Gasteiger partial charge on any atom is 0.410 e. The van der Waals surface area contributed by atoms with Crippen LogP contribution in [0.5, 0.6) is 5.75 Å². The number of fused-ring (bicyclic) bond motifs is 1. The predicted octanol–water partition coefficient (Wildman–Crippen LogP) is 4.86. The van der Waals surface area contributed by atoms with Crippen LogP contribution in [0.15, 0.2) is 23.0 Å². The van der Waals surface area contributed by atoms with Crippen molar-refractivity contribution >= 4 is 17.1 Å². The molecular weight excluding hydrogens is 470 g/mol. The molecule has 0 aliphatic carbocycles. The quantitative estimate of drug-likeness (QED) is 0.488. The standard InChI is InChI=1S/C28H39N5O4/c1-7-9-21-23-24(32(6)31-21)26(34)30-25(29-23)20-17-19(10-11-22(20)36-8-2)16-18-12-14-33(15-13-18)27(35)37-28(3,4)5/h10-11,17-18H,7-9,12-16H2,1-6H3,(H,29,30,34). The summed E-state index contributed by atoms with van der Waals surface area (Å²) in [5, 5.41) is 4.53. The second-order valence-corrected chi connectivity index (χ2v) is 10.8. The number of aryl methyl sites for hydroxylation is 2. The van der Waals surface area contributed by atoms with E-state index in [1.807, 2.05) is 33.8 Å². The average Bonchev–Trinajstić information content (AvgIpc) is 3.15. The second-order valence-electron chi connectivity index (χ2n) is 10.8. The van der Waals surface area contributed by atoms with Gasteiger partial charge in [-0.05, 0) is 77.0 Å². The number of piperidine rings is 1. The molecule has 9 heteroatoms. The zero-order valence-corrected chi connectivity index (χ0v) is 22.9. The first kappa shape index (κ1) is 26.7. The SMILES string of the molecule is CCCc1nn(C)c2c(=O)[nH]c(-c3cc(CC4CCN(C(=O)OC(C)(C)C)CC4)ccc3OCC)nc12. The van der Waals surface area contributed by atoms with Gasteiger partial charge in [0.15, 0.2) is 5.52 Å². The third-order valence-electron chi connectivity index (χ3n) is 6.64. The Morgan fingerprint density at radius 1 is 1.19 bits per heavy atom. The smallest absolute Gasteiger partial charge is 0.410 e. The van der Waals surface area contributed by atoms with E-state index in [4.69, 9.17) is 14.5 Å². The maximum absolute atomic E-state index is 13.0. The molecule has 1 aliphatic rings. The van der Waals surface area contributed by atoms with Gasteiger partial charge in [-0.2, -0.15) is 5.10 Å². The number of ether oxygens (including phenoxy) is 2. The van der Waals surface area contributed by atoms with Crippen LogP contribution in [0, 0.1) is 5.92 Å². The Labute approximate surface area is 218 Å². The van der Waals surface area contributed by atoms with Gasteiger partial charge in [-0.3, -0.25) is 9.48 Å². The van der Waals surface area contributed by atoms with E-state index in [1.165, 1.54) is 0 Å². The number of likely N-dealkylation sites (tertiary alicyclic amines) is 1. The number of hydrogen-bond acceptors (Lipinski definition) is 6. The Morgan fingerprint density at radius 2 is 1.92 bits per heavy atom. The highest BCUT2D eigenvalue weighted by atomic mass is 16.6. The number of H-pyrrole nitrogens is 1. The summed E-state index contributed by atoms with van der Waals surface area (Å²) in [4.78, 5) is 35.1. The zero-order valence-electron chi connectivity index (χ0n) is 22.9. The van der Waals surface area contributed by atoms with Gasteiger partial charge in [0.1, 0.15) is 22.7 Å². The van der Waals surface area contributed by atoms with Gasteiger partial charge in [-0.15, -0.1) is 0 Å². The van der Waals surface area contributed by atoms with E-state index in [-0.39, 0.29) is 11.7 Å². The van der Waals surface area contributed by atoms with Gasteiger partial charge < -0.3 is 19.4 Å². The lowest BCUT2D eigenvalue weighted by Gasteiger charge is -2.33. The van der Waals surface area contributed by atoms with E-state index >= 15 is 0 Å². The fourth-order valence-corrected chi connectivity index (χ4v) is 4.93. The molecule has 3 heterocycles.